The summed E-state index contributed by atoms with van der Waals surface area (Å²) < 4.78 is 0. The molecule has 4 heteroatoms. The fraction of sp³-hybridized carbons (Fsp3) is 0.182. The van der Waals surface area contributed by atoms with Crippen molar-refractivity contribution in [2.45, 2.75) is 4.90 Å². The summed E-state index contributed by atoms with van der Waals surface area (Å²) in [6.07, 6.45) is 0. The van der Waals surface area contributed by atoms with Crippen LogP contribution < -0.4 is 11.1 Å². The van der Waals surface area contributed by atoms with E-state index in [4.69, 9.17) is 11.0 Å². The SMILES string of the molecule is CNCC#Cc1cc(SC#N)ccc1N. The lowest BCUT2D eigenvalue weighted by Gasteiger charge is -1.99. The number of thioether (sulfide) groups is 1. The Bertz CT molecular complexity index is 437. The standard InChI is InChI=1S/C11H11N3S/c1-14-6-2-3-9-7-10(15-8-12)4-5-11(9)13/h4-5,7,14H,6,13H2,1H3. The topological polar surface area (TPSA) is 61.8 Å². The molecular formula is C11H11N3S. The van der Waals surface area contributed by atoms with Crippen molar-refractivity contribution in [2.24, 2.45) is 0 Å². The molecule has 0 bridgehead atoms. The molecular weight excluding hydrogens is 206 g/mol. The molecule has 3 nitrogen and oxygen atoms in total. The summed E-state index contributed by atoms with van der Waals surface area (Å²) >= 11 is 1.10. The third kappa shape index (κ3) is 3.55. The van der Waals surface area contributed by atoms with Gasteiger partial charge in [-0.1, -0.05) is 11.8 Å². The Morgan fingerprint density at radius 1 is 1.53 bits per heavy atom. The van der Waals surface area contributed by atoms with Crippen molar-refractivity contribution in [1.29, 1.82) is 5.26 Å². The highest BCUT2D eigenvalue weighted by Crippen LogP contribution is 2.21. The summed E-state index contributed by atoms with van der Waals surface area (Å²) in [5, 5.41) is 13.5. The third-order valence-corrected chi connectivity index (χ3v) is 2.26. The summed E-state index contributed by atoms with van der Waals surface area (Å²) in [6, 6.07) is 5.40. The van der Waals surface area contributed by atoms with E-state index in [1.807, 2.05) is 24.6 Å². The number of thiocyanates is 1. The van der Waals surface area contributed by atoms with Gasteiger partial charge in [0, 0.05) is 16.1 Å². The zero-order valence-corrected chi connectivity index (χ0v) is 9.19. The number of benzene rings is 1. The number of hydrogen-bond acceptors (Lipinski definition) is 4. The normalized spacial score (nSPS) is 8.80. The molecule has 1 aromatic carbocycles. The van der Waals surface area contributed by atoms with E-state index in [2.05, 4.69) is 17.2 Å². The van der Waals surface area contributed by atoms with Crippen molar-refractivity contribution in [1.82, 2.24) is 5.32 Å². The first-order valence-electron chi connectivity index (χ1n) is 4.37. The Kier molecular flexibility index (Phi) is 4.56. The van der Waals surface area contributed by atoms with Crippen molar-refractivity contribution >= 4 is 17.4 Å². The predicted octanol–water partition coefficient (Wildman–Crippen LogP) is 1.41. The molecule has 15 heavy (non-hydrogen) atoms. The maximum Gasteiger partial charge on any atom is 0.138 e. The van der Waals surface area contributed by atoms with Crippen molar-refractivity contribution in [3.8, 4) is 17.2 Å². The second-order valence-electron chi connectivity index (χ2n) is 2.77. The fourth-order valence-electron chi connectivity index (χ4n) is 0.988. The van der Waals surface area contributed by atoms with Crippen molar-refractivity contribution in [3.63, 3.8) is 0 Å². The van der Waals surface area contributed by atoms with Crippen LogP contribution in [0.1, 0.15) is 5.56 Å². The predicted molar refractivity (Wildman–Crippen MR) is 63.1 cm³/mol. The highest BCUT2D eigenvalue weighted by molar-refractivity contribution is 8.03. The minimum Gasteiger partial charge on any atom is -0.398 e. The number of nitriles is 1. The second kappa shape index (κ2) is 5.98. The molecule has 0 aliphatic rings. The van der Waals surface area contributed by atoms with Crippen molar-refractivity contribution in [3.05, 3.63) is 23.8 Å². The first-order valence-corrected chi connectivity index (χ1v) is 5.18. The maximum absolute atomic E-state index is 8.53. The monoisotopic (exact) mass is 217 g/mol. The van der Waals surface area contributed by atoms with E-state index in [9.17, 15) is 0 Å². The Hall–Kier alpha value is -1.62. The van der Waals surface area contributed by atoms with E-state index in [0.717, 1.165) is 22.2 Å². The van der Waals surface area contributed by atoms with Gasteiger partial charge in [0.25, 0.3) is 0 Å². The molecule has 0 fully saturated rings. The minimum atomic E-state index is 0.620. The smallest absolute Gasteiger partial charge is 0.138 e. The van der Waals surface area contributed by atoms with Gasteiger partial charge in [0.2, 0.25) is 0 Å². The van der Waals surface area contributed by atoms with E-state index >= 15 is 0 Å². The lowest BCUT2D eigenvalue weighted by Crippen LogP contribution is -2.04. The Morgan fingerprint density at radius 3 is 3.00 bits per heavy atom. The maximum atomic E-state index is 8.53. The summed E-state index contributed by atoms with van der Waals surface area (Å²) in [4.78, 5) is 0.862. The van der Waals surface area contributed by atoms with Crippen LogP contribution in [0.4, 0.5) is 5.69 Å². The average Bonchev–Trinajstić information content (AvgIpc) is 2.23. The second-order valence-corrected chi connectivity index (χ2v) is 3.63. The Balaban J connectivity index is 2.92. The molecule has 0 aliphatic carbocycles. The van der Waals surface area contributed by atoms with Gasteiger partial charge in [0.15, 0.2) is 0 Å². The van der Waals surface area contributed by atoms with Crippen LogP contribution >= 0.6 is 11.8 Å². The number of hydrogen-bond donors (Lipinski definition) is 2. The molecule has 0 saturated heterocycles. The summed E-state index contributed by atoms with van der Waals surface area (Å²) in [5.41, 5.74) is 7.16. The van der Waals surface area contributed by atoms with Crippen LogP contribution in [-0.2, 0) is 0 Å². The number of anilines is 1. The van der Waals surface area contributed by atoms with Crippen LogP contribution in [-0.4, -0.2) is 13.6 Å². The van der Waals surface area contributed by atoms with E-state index in [-0.39, 0.29) is 0 Å². The van der Waals surface area contributed by atoms with Crippen LogP contribution in [0.3, 0.4) is 0 Å². The van der Waals surface area contributed by atoms with Crippen LogP contribution in [0.25, 0.3) is 0 Å². The molecule has 1 rings (SSSR count). The van der Waals surface area contributed by atoms with Gasteiger partial charge in [-0.05, 0) is 37.0 Å². The Morgan fingerprint density at radius 2 is 2.33 bits per heavy atom. The Labute approximate surface area is 93.7 Å². The number of nitrogens with two attached hydrogens (primary N) is 1. The minimum absolute atomic E-state index is 0.620. The highest BCUT2D eigenvalue weighted by Gasteiger charge is 1.98. The van der Waals surface area contributed by atoms with Crippen LogP contribution in [0.5, 0.6) is 0 Å². The summed E-state index contributed by atoms with van der Waals surface area (Å²) in [5.74, 6) is 5.88. The zero-order chi connectivity index (χ0) is 11.1. The molecule has 0 heterocycles. The zero-order valence-electron chi connectivity index (χ0n) is 8.37. The van der Waals surface area contributed by atoms with Gasteiger partial charge >= 0.3 is 0 Å². The molecule has 0 spiro atoms. The van der Waals surface area contributed by atoms with Crippen LogP contribution in [0.2, 0.25) is 0 Å². The van der Waals surface area contributed by atoms with Gasteiger partial charge in [0.1, 0.15) is 5.40 Å². The first kappa shape index (κ1) is 11.5. The molecule has 0 amide bonds. The molecule has 0 saturated carbocycles. The molecule has 0 aliphatic heterocycles. The van der Waals surface area contributed by atoms with Gasteiger partial charge < -0.3 is 11.1 Å². The molecule has 0 aromatic heterocycles. The van der Waals surface area contributed by atoms with Gasteiger partial charge in [-0.2, -0.15) is 5.26 Å². The van der Waals surface area contributed by atoms with E-state index < -0.39 is 0 Å². The van der Waals surface area contributed by atoms with Crippen molar-refractivity contribution < 1.29 is 0 Å². The van der Waals surface area contributed by atoms with E-state index in [0.29, 0.717) is 12.2 Å². The lowest BCUT2D eigenvalue weighted by atomic mass is 10.2. The van der Waals surface area contributed by atoms with Crippen LogP contribution in [0, 0.1) is 22.5 Å². The first-order chi connectivity index (χ1) is 7.27. The van der Waals surface area contributed by atoms with Gasteiger partial charge in [-0.3, -0.25) is 0 Å². The average molecular weight is 217 g/mol. The van der Waals surface area contributed by atoms with E-state index in [1.54, 1.807) is 6.07 Å². The molecule has 3 N–H and O–H groups in total. The largest absolute Gasteiger partial charge is 0.398 e. The molecule has 1 aromatic rings. The molecule has 76 valence electrons. The summed E-state index contributed by atoms with van der Waals surface area (Å²) in [6.45, 7) is 0.620. The quantitative estimate of drug-likeness (QED) is 0.340. The number of rotatable bonds is 2. The van der Waals surface area contributed by atoms with Crippen LogP contribution in [0.15, 0.2) is 23.1 Å². The van der Waals surface area contributed by atoms with Gasteiger partial charge in [0.05, 0.1) is 6.54 Å². The number of nitrogens with one attached hydrogen (secondary N) is 1. The third-order valence-electron chi connectivity index (χ3n) is 1.68. The number of nitrogens with zero attached hydrogens (tertiary/aromatic N) is 1. The van der Waals surface area contributed by atoms with E-state index in [1.165, 1.54) is 0 Å². The fourth-order valence-corrected chi connectivity index (χ4v) is 1.41. The lowest BCUT2D eigenvalue weighted by molar-refractivity contribution is 0.938. The van der Waals surface area contributed by atoms with Gasteiger partial charge in [-0.15, -0.1) is 0 Å². The van der Waals surface area contributed by atoms with Crippen molar-refractivity contribution in [2.75, 3.05) is 19.3 Å². The van der Waals surface area contributed by atoms with Gasteiger partial charge in [-0.25, -0.2) is 0 Å². The number of nitrogen functional groups attached to an aromatic ring is 1. The summed E-state index contributed by atoms with van der Waals surface area (Å²) in [7, 11) is 1.83. The molecule has 0 radical (unpaired) electrons. The molecule has 0 unspecified atom stereocenters. The molecule has 0 atom stereocenters. The highest BCUT2D eigenvalue weighted by atomic mass is 32.2.